The van der Waals surface area contributed by atoms with Crippen LogP contribution in [0.5, 0.6) is 0 Å². The van der Waals surface area contributed by atoms with Crippen molar-refractivity contribution < 1.29 is 0 Å². The minimum absolute atomic E-state index is 0.501. The lowest BCUT2D eigenvalue weighted by molar-refractivity contribution is 0.0293. The van der Waals surface area contributed by atoms with Gasteiger partial charge in [-0.05, 0) is 85.0 Å². The summed E-state index contributed by atoms with van der Waals surface area (Å²) in [6.45, 7) is 13.0. The summed E-state index contributed by atoms with van der Waals surface area (Å²) in [5.74, 6) is 0. The summed E-state index contributed by atoms with van der Waals surface area (Å²) in [6, 6.07) is 36.9. The van der Waals surface area contributed by atoms with Gasteiger partial charge in [-0.3, -0.25) is 9.80 Å². The maximum absolute atomic E-state index is 2.82. The van der Waals surface area contributed by atoms with Crippen molar-refractivity contribution in [2.24, 2.45) is 0 Å². The van der Waals surface area contributed by atoms with Crippen LogP contribution in [0.4, 0.5) is 0 Å². The third-order valence-electron chi connectivity index (χ3n) is 9.17. The minimum Gasteiger partial charge on any atom is -0.290 e. The van der Waals surface area contributed by atoms with Crippen molar-refractivity contribution in [1.82, 2.24) is 9.80 Å². The van der Waals surface area contributed by atoms with Crippen molar-refractivity contribution in [3.8, 4) is 0 Å². The molecule has 0 spiro atoms. The normalized spacial score (nSPS) is 17.4. The summed E-state index contributed by atoms with van der Waals surface area (Å²) < 4.78 is 0. The van der Waals surface area contributed by atoms with Crippen molar-refractivity contribution >= 4 is 0 Å². The van der Waals surface area contributed by atoms with Crippen LogP contribution in [0.15, 0.2) is 97.1 Å². The highest BCUT2D eigenvalue weighted by molar-refractivity contribution is 5.30. The number of aryl methyl sites for hydroxylation is 4. The monoisotopic (exact) mass is 530 g/mol. The van der Waals surface area contributed by atoms with Gasteiger partial charge < -0.3 is 0 Å². The van der Waals surface area contributed by atoms with Crippen molar-refractivity contribution in [2.45, 2.75) is 91.6 Å². The molecule has 40 heavy (non-hydrogen) atoms. The summed E-state index contributed by atoms with van der Waals surface area (Å²) in [5, 5.41) is 0. The molecule has 0 heterocycles. The SMILES string of the molecule is Cc1ccccc1CN(Cc1ccccc1C)[C@@H]1CCCC[C@H]1N(Cc1ccccc1C)Cc1ccccc1C. The number of rotatable bonds is 10. The molecule has 208 valence electrons. The van der Waals surface area contributed by atoms with Gasteiger partial charge in [0, 0.05) is 38.3 Å². The van der Waals surface area contributed by atoms with Gasteiger partial charge in [0.2, 0.25) is 0 Å². The molecule has 0 saturated heterocycles. The largest absolute Gasteiger partial charge is 0.290 e. The third kappa shape index (κ3) is 6.92. The zero-order chi connectivity index (χ0) is 27.9. The van der Waals surface area contributed by atoms with Crippen LogP contribution in [0.2, 0.25) is 0 Å². The first-order valence-corrected chi connectivity index (χ1v) is 15.2. The van der Waals surface area contributed by atoms with E-state index in [0.717, 1.165) is 26.2 Å². The summed E-state index contributed by atoms with van der Waals surface area (Å²) in [7, 11) is 0. The molecular weight excluding hydrogens is 484 g/mol. The maximum atomic E-state index is 2.82. The first kappa shape index (κ1) is 28.3. The van der Waals surface area contributed by atoms with Crippen molar-refractivity contribution in [3.63, 3.8) is 0 Å². The molecule has 1 aliphatic carbocycles. The van der Waals surface area contributed by atoms with Crippen molar-refractivity contribution in [2.75, 3.05) is 0 Å². The molecule has 2 atom stereocenters. The molecule has 5 rings (SSSR count). The Hall–Kier alpha value is -3.20. The fraction of sp³-hybridized carbons (Fsp3) is 0.368. The molecule has 0 N–H and O–H groups in total. The number of nitrogens with zero attached hydrogens (tertiary/aromatic N) is 2. The van der Waals surface area contributed by atoms with Gasteiger partial charge >= 0.3 is 0 Å². The van der Waals surface area contributed by atoms with E-state index in [4.69, 9.17) is 0 Å². The molecule has 0 aliphatic heterocycles. The molecule has 1 aliphatic rings. The Kier molecular flexibility index (Phi) is 9.52. The molecule has 1 fully saturated rings. The van der Waals surface area contributed by atoms with Crippen LogP contribution in [0.1, 0.15) is 70.2 Å². The Morgan fingerprint density at radius 1 is 0.425 bits per heavy atom. The molecule has 0 unspecified atom stereocenters. The zero-order valence-electron chi connectivity index (χ0n) is 24.9. The van der Waals surface area contributed by atoms with E-state index in [1.54, 1.807) is 0 Å². The lowest BCUT2D eigenvalue weighted by atomic mass is 9.86. The van der Waals surface area contributed by atoms with E-state index in [-0.39, 0.29) is 0 Å². The lowest BCUT2D eigenvalue weighted by Crippen LogP contribution is -2.52. The Bertz CT molecular complexity index is 1190. The van der Waals surface area contributed by atoms with Crippen molar-refractivity contribution in [3.05, 3.63) is 142 Å². The van der Waals surface area contributed by atoms with Crippen LogP contribution in [-0.4, -0.2) is 21.9 Å². The van der Waals surface area contributed by atoms with Crippen LogP contribution in [-0.2, 0) is 26.2 Å². The second kappa shape index (κ2) is 13.4. The second-order valence-electron chi connectivity index (χ2n) is 11.9. The molecule has 4 aromatic carbocycles. The van der Waals surface area contributed by atoms with Gasteiger partial charge in [0.15, 0.2) is 0 Å². The van der Waals surface area contributed by atoms with E-state index in [1.807, 2.05) is 0 Å². The molecule has 1 saturated carbocycles. The van der Waals surface area contributed by atoms with Gasteiger partial charge in [0.25, 0.3) is 0 Å². The molecule has 0 amide bonds. The standard InChI is InChI=1S/C38H46N2/c1-29-15-5-9-19-33(29)25-39(26-34-20-10-6-16-30(34)2)37-23-13-14-24-38(37)40(27-35-21-11-7-17-31(35)3)28-36-22-12-8-18-32(36)4/h5-12,15-22,37-38H,13-14,23-28H2,1-4H3/t37-,38-/m1/s1. The molecule has 0 aromatic heterocycles. The smallest absolute Gasteiger partial charge is 0.0258 e. The van der Waals surface area contributed by atoms with Gasteiger partial charge in [-0.1, -0.05) is 110 Å². The molecule has 0 bridgehead atoms. The van der Waals surface area contributed by atoms with E-state index in [1.165, 1.54) is 70.2 Å². The van der Waals surface area contributed by atoms with Gasteiger partial charge in [-0.2, -0.15) is 0 Å². The average Bonchev–Trinajstić information content (AvgIpc) is 2.97. The Morgan fingerprint density at radius 3 is 0.925 bits per heavy atom. The highest BCUT2D eigenvalue weighted by Crippen LogP contribution is 2.33. The van der Waals surface area contributed by atoms with Crippen molar-refractivity contribution in [1.29, 1.82) is 0 Å². The van der Waals surface area contributed by atoms with Crippen LogP contribution in [0, 0.1) is 27.7 Å². The highest BCUT2D eigenvalue weighted by atomic mass is 15.2. The van der Waals surface area contributed by atoms with E-state index < -0.39 is 0 Å². The summed E-state index contributed by atoms with van der Waals surface area (Å²) >= 11 is 0. The second-order valence-corrected chi connectivity index (χ2v) is 11.9. The Balaban J connectivity index is 1.52. The molecule has 0 radical (unpaired) electrons. The van der Waals surface area contributed by atoms with Crippen LogP contribution in [0.25, 0.3) is 0 Å². The predicted octanol–water partition coefficient (Wildman–Crippen LogP) is 8.94. The zero-order valence-corrected chi connectivity index (χ0v) is 24.9. The topological polar surface area (TPSA) is 6.48 Å². The van der Waals surface area contributed by atoms with Gasteiger partial charge in [-0.15, -0.1) is 0 Å². The fourth-order valence-corrected chi connectivity index (χ4v) is 6.55. The lowest BCUT2D eigenvalue weighted by Gasteiger charge is -2.46. The number of hydrogen-bond donors (Lipinski definition) is 0. The van der Waals surface area contributed by atoms with E-state index in [0.29, 0.717) is 12.1 Å². The molecule has 2 nitrogen and oxygen atoms in total. The van der Waals surface area contributed by atoms with E-state index in [9.17, 15) is 0 Å². The van der Waals surface area contributed by atoms with Crippen LogP contribution in [0.3, 0.4) is 0 Å². The maximum Gasteiger partial charge on any atom is 0.0258 e. The van der Waals surface area contributed by atoms with Crippen LogP contribution >= 0.6 is 0 Å². The third-order valence-corrected chi connectivity index (χ3v) is 9.17. The summed E-state index contributed by atoms with van der Waals surface area (Å²) in [5.41, 5.74) is 11.4. The molecular formula is C38H46N2. The Labute approximate surface area is 242 Å². The first-order chi connectivity index (χ1) is 19.5. The fourth-order valence-electron chi connectivity index (χ4n) is 6.55. The molecule has 2 heteroatoms. The summed E-state index contributed by atoms with van der Waals surface area (Å²) in [6.07, 6.45) is 5.12. The Morgan fingerprint density at radius 2 is 0.675 bits per heavy atom. The van der Waals surface area contributed by atoms with Gasteiger partial charge in [-0.25, -0.2) is 0 Å². The molecule has 4 aromatic rings. The van der Waals surface area contributed by atoms with Gasteiger partial charge in [0.1, 0.15) is 0 Å². The highest BCUT2D eigenvalue weighted by Gasteiger charge is 2.35. The summed E-state index contributed by atoms with van der Waals surface area (Å²) in [4.78, 5) is 5.63. The van der Waals surface area contributed by atoms with E-state index >= 15 is 0 Å². The number of hydrogen-bond acceptors (Lipinski definition) is 2. The predicted molar refractivity (Wildman–Crippen MR) is 169 cm³/mol. The first-order valence-electron chi connectivity index (χ1n) is 15.2. The number of benzene rings is 4. The quantitative estimate of drug-likeness (QED) is 0.202. The van der Waals surface area contributed by atoms with Crippen LogP contribution < -0.4 is 0 Å². The van der Waals surface area contributed by atoms with Gasteiger partial charge in [0.05, 0.1) is 0 Å². The van der Waals surface area contributed by atoms with E-state index in [2.05, 4.69) is 135 Å². The average molecular weight is 531 g/mol. The minimum atomic E-state index is 0.501.